The summed E-state index contributed by atoms with van der Waals surface area (Å²) < 4.78 is 0. The number of nitrogens with two attached hydrogens (primary N) is 1. The van der Waals surface area contributed by atoms with Gasteiger partial charge in [0.05, 0.1) is 0 Å². The van der Waals surface area contributed by atoms with Gasteiger partial charge in [0.25, 0.3) is 0 Å². The minimum absolute atomic E-state index is 0.00341. The molecule has 57 heavy (non-hydrogen) atoms. The minimum Gasteiger partial charge on any atom is -0.361 e. The number of rotatable bonds is 13. The standard InChI is InChI=1S/C43H68N8O6/c1-25(2)20-33-39(53)48-34(21-26(3)4)42(56)51-37(27(5)6)43(57)46-32(18-12-13-19-44)38(52)49-35(22-28-14-8-7-9-15-28)40(54)50-36(41(55)47-33)23-29-24-45-31-17-11-10-16-30(29)31/h10-11,16-17,24-28,32-37,45H,7-9,12-15,18-23,44H2,1-6H3,(H,46,57)(H,47,55)(H,48,53)(H,49,52)(H,50,54)(H,51,56)/t32-,33-,34+,35+,36-,37-/m0/s1. The van der Waals surface area contributed by atoms with E-state index < -0.39 is 71.7 Å². The number of aromatic amines is 1. The van der Waals surface area contributed by atoms with Gasteiger partial charge in [0.15, 0.2) is 0 Å². The number of H-pyrrole nitrogens is 1. The van der Waals surface area contributed by atoms with Gasteiger partial charge in [-0.2, -0.15) is 0 Å². The van der Waals surface area contributed by atoms with Gasteiger partial charge in [-0.1, -0.05) is 91.8 Å². The molecule has 0 spiro atoms. The second-order valence-electron chi connectivity index (χ2n) is 17.4. The Labute approximate surface area is 338 Å². The number of unbranched alkanes of at least 4 members (excludes halogenated alkanes) is 1. The fraction of sp³-hybridized carbons (Fsp3) is 0.674. The molecule has 6 amide bonds. The molecule has 9 N–H and O–H groups in total. The summed E-state index contributed by atoms with van der Waals surface area (Å²) >= 11 is 0. The lowest BCUT2D eigenvalue weighted by atomic mass is 9.84. The van der Waals surface area contributed by atoms with Gasteiger partial charge in [0.1, 0.15) is 36.3 Å². The Morgan fingerprint density at radius 2 is 1.14 bits per heavy atom. The molecule has 316 valence electrons. The second-order valence-corrected chi connectivity index (χ2v) is 17.4. The number of aromatic nitrogens is 1. The monoisotopic (exact) mass is 793 g/mol. The number of carbonyl (C=O) groups is 6. The van der Waals surface area contributed by atoms with Crippen molar-refractivity contribution in [1.82, 2.24) is 36.9 Å². The van der Waals surface area contributed by atoms with E-state index in [1.165, 1.54) is 0 Å². The number of amides is 6. The highest BCUT2D eigenvalue weighted by molar-refractivity contribution is 5.98. The van der Waals surface area contributed by atoms with Crippen molar-refractivity contribution in [2.45, 2.75) is 155 Å². The molecule has 0 unspecified atom stereocenters. The number of fused-ring (bicyclic) bond motifs is 1. The fourth-order valence-corrected chi connectivity index (χ4v) is 8.02. The van der Waals surface area contributed by atoms with E-state index in [4.69, 9.17) is 5.73 Å². The zero-order valence-electron chi connectivity index (χ0n) is 34.9. The molecule has 2 heterocycles. The summed E-state index contributed by atoms with van der Waals surface area (Å²) in [4.78, 5) is 88.5. The van der Waals surface area contributed by atoms with Crippen LogP contribution in [0.2, 0.25) is 0 Å². The number of benzene rings is 1. The SMILES string of the molecule is CC(C)C[C@@H]1NC(=O)[C@H](Cc2c[nH]c3ccccc23)NC(=O)[C@@H](CC2CCCCC2)NC(=O)[C@H](CCCCN)NC(=O)[C@H](C(C)C)NC(=O)[C@@H](CC(C)C)NC1=O. The Kier molecular flexibility index (Phi) is 17.4. The number of hydrogen-bond donors (Lipinski definition) is 8. The van der Waals surface area contributed by atoms with Crippen LogP contribution in [0.25, 0.3) is 10.9 Å². The van der Waals surface area contributed by atoms with Crippen LogP contribution >= 0.6 is 0 Å². The van der Waals surface area contributed by atoms with Gasteiger partial charge in [-0.15, -0.1) is 0 Å². The van der Waals surface area contributed by atoms with E-state index in [1.54, 1.807) is 13.8 Å². The summed E-state index contributed by atoms with van der Waals surface area (Å²) in [5.41, 5.74) is 7.45. The summed E-state index contributed by atoms with van der Waals surface area (Å²) in [6.45, 7) is 11.7. The van der Waals surface area contributed by atoms with Crippen LogP contribution in [0.15, 0.2) is 30.5 Å². The molecule has 14 nitrogen and oxygen atoms in total. The van der Waals surface area contributed by atoms with E-state index in [1.807, 2.05) is 58.2 Å². The van der Waals surface area contributed by atoms with Crippen LogP contribution in [-0.4, -0.2) is 83.2 Å². The van der Waals surface area contributed by atoms with Crippen LogP contribution in [0, 0.1) is 23.7 Å². The van der Waals surface area contributed by atoms with Gasteiger partial charge >= 0.3 is 0 Å². The highest BCUT2D eigenvalue weighted by Crippen LogP contribution is 2.28. The molecule has 2 aromatic rings. The third-order valence-electron chi connectivity index (χ3n) is 11.2. The first-order chi connectivity index (χ1) is 27.2. The highest BCUT2D eigenvalue weighted by Gasteiger charge is 2.37. The predicted octanol–water partition coefficient (Wildman–Crippen LogP) is 3.48. The first-order valence-corrected chi connectivity index (χ1v) is 21.2. The number of nitrogens with one attached hydrogen (secondary N) is 7. The van der Waals surface area contributed by atoms with Crippen LogP contribution in [0.1, 0.15) is 118 Å². The molecule has 1 aromatic carbocycles. The smallest absolute Gasteiger partial charge is 0.243 e. The summed E-state index contributed by atoms with van der Waals surface area (Å²) in [6.07, 6.45) is 9.23. The average Bonchev–Trinajstić information content (AvgIpc) is 3.57. The van der Waals surface area contributed by atoms with E-state index in [-0.39, 0.29) is 49.4 Å². The van der Waals surface area contributed by atoms with Crippen molar-refractivity contribution >= 4 is 46.3 Å². The van der Waals surface area contributed by atoms with Gasteiger partial charge < -0.3 is 42.6 Å². The maximum Gasteiger partial charge on any atom is 0.243 e. The minimum atomic E-state index is -1.12. The molecule has 1 aliphatic heterocycles. The Balaban J connectivity index is 1.79. The van der Waals surface area contributed by atoms with Crippen LogP contribution < -0.4 is 37.6 Å². The van der Waals surface area contributed by atoms with Crippen molar-refractivity contribution in [2.24, 2.45) is 29.4 Å². The maximum absolute atomic E-state index is 14.5. The molecule has 1 aliphatic carbocycles. The van der Waals surface area contributed by atoms with E-state index >= 15 is 0 Å². The molecular weight excluding hydrogens is 725 g/mol. The van der Waals surface area contributed by atoms with Crippen molar-refractivity contribution in [3.63, 3.8) is 0 Å². The molecule has 14 heteroatoms. The molecule has 2 aliphatic rings. The Morgan fingerprint density at radius 3 is 1.75 bits per heavy atom. The van der Waals surface area contributed by atoms with E-state index in [9.17, 15) is 28.8 Å². The predicted molar refractivity (Wildman–Crippen MR) is 221 cm³/mol. The maximum atomic E-state index is 14.5. The van der Waals surface area contributed by atoms with Gasteiger partial charge in [0, 0.05) is 23.5 Å². The summed E-state index contributed by atoms with van der Waals surface area (Å²) in [5.74, 6) is -3.43. The van der Waals surface area contributed by atoms with Gasteiger partial charge in [-0.3, -0.25) is 28.8 Å². The lowest BCUT2D eigenvalue weighted by molar-refractivity contribution is -0.137. The highest BCUT2D eigenvalue weighted by atomic mass is 16.2. The van der Waals surface area contributed by atoms with E-state index in [0.717, 1.165) is 48.6 Å². The Bertz CT molecular complexity index is 1670. The van der Waals surface area contributed by atoms with Crippen LogP contribution in [-0.2, 0) is 35.2 Å². The summed E-state index contributed by atoms with van der Waals surface area (Å²) in [5, 5.41) is 18.4. The zero-order chi connectivity index (χ0) is 41.6. The first-order valence-electron chi connectivity index (χ1n) is 21.2. The topological polar surface area (TPSA) is 216 Å². The van der Waals surface area contributed by atoms with Crippen LogP contribution in [0.5, 0.6) is 0 Å². The molecular formula is C43H68N8O6. The quantitative estimate of drug-likeness (QED) is 0.141. The molecule has 0 radical (unpaired) electrons. The van der Waals surface area contributed by atoms with Crippen LogP contribution in [0.4, 0.5) is 0 Å². The fourth-order valence-electron chi connectivity index (χ4n) is 8.02. The normalized spacial score (nSPS) is 25.4. The summed E-state index contributed by atoms with van der Waals surface area (Å²) in [6, 6.07) is 1.47. The lowest BCUT2D eigenvalue weighted by Gasteiger charge is -2.32. The molecule has 6 atom stereocenters. The molecule has 4 rings (SSSR count). The first kappa shape index (κ1) is 45.2. The molecule has 1 aromatic heterocycles. The molecule has 0 bridgehead atoms. The lowest BCUT2D eigenvalue weighted by Crippen LogP contribution is -2.62. The van der Waals surface area contributed by atoms with Gasteiger partial charge in [0.2, 0.25) is 35.4 Å². The number of para-hydroxylation sites is 1. The van der Waals surface area contributed by atoms with Crippen molar-refractivity contribution in [3.05, 3.63) is 36.0 Å². The van der Waals surface area contributed by atoms with Crippen molar-refractivity contribution < 1.29 is 28.8 Å². The third-order valence-corrected chi connectivity index (χ3v) is 11.2. The summed E-state index contributed by atoms with van der Waals surface area (Å²) in [7, 11) is 0. The second kappa shape index (κ2) is 21.9. The van der Waals surface area contributed by atoms with Crippen molar-refractivity contribution in [3.8, 4) is 0 Å². The number of carbonyl (C=O) groups excluding carboxylic acids is 6. The third kappa shape index (κ3) is 13.6. The van der Waals surface area contributed by atoms with Crippen molar-refractivity contribution in [2.75, 3.05) is 6.54 Å². The molecule has 1 saturated carbocycles. The Morgan fingerprint density at radius 1 is 0.614 bits per heavy atom. The molecule has 1 saturated heterocycles. The average molecular weight is 793 g/mol. The van der Waals surface area contributed by atoms with Gasteiger partial charge in [-0.25, -0.2) is 0 Å². The Hall–Kier alpha value is -4.46. The van der Waals surface area contributed by atoms with E-state index in [2.05, 4.69) is 36.9 Å². The van der Waals surface area contributed by atoms with Crippen molar-refractivity contribution in [1.29, 1.82) is 0 Å². The van der Waals surface area contributed by atoms with E-state index in [0.29, 0.717) is 25.8 Å². The largest absolute Gasteiger partial charge is 0.361 e. The van der Waals surface area contributed by atoms with Gasteiger partial charge in [-0.05, 0) is 80.4 Å². The zero-order valence-corrected chi connectivity index (χ0v) is 34.9. The van der Waals surface area contributed by atoms with Crippen LogP contribution in [0.3, 0.4) is 0 Å². The molecule has 2 fully saturated rings. The number of hydrogen-bond acceptors (Lipinski definition) is 7.